The van der Waals surface area contributed by atoms with Crippen molar-refractivity contribution in [3.63, 3.8) is 0 Å². The van der Waals surface area contributed by atoms with E-state index in [4.69, 9.17) is 10.2 Å². The van der Waals surface area contributed by atoms with Crippen molar-refractivity contribution in [3.8, 4) is 0 Å². The van der Waals surface area contributed by atoms with E-state index < -0.39 is 34.7 Å². The highest BCUT2D eigenvalue weighted by Gasteiger charge is 2.28. The fourth-order valence-corrected chi connectivity index (χ4v) is 2.48. The highest BCUT2D eigenvalue weighted by atomic mass is 32.2. The average Bonchev–Trinajstić information content (AvgIpc) is 2.34. The van der Waals surface area contributed by atoms with Crippen LogP contribution in [0.2, 0.25) is 0 Å². The number of carboxylic acid groups (broad SMARTS) is 1. The minimum Gasteiger partial charge on any atom is -0.480 e. The van der Waals surface area contributed by atoms with Gasteiger partial charge in [-0.3, -0.25) is 0 Å². The van der Waals surface area contributed by atoms with Gasteiger partial charge in [-0.15, -0.1) is 0 Å². The fraction of sp³-hybridized carbons (Fsp3) is 0.778. The Morgan fingerprint density at radius 2 is 1.79 bits per heavy atom. The lowest BCUT2D eigenvalue weighted by atomic mass is 10.3. The van der Waals surface area contributed by atoms with Crippen LogP contribution in [-0.2, 0) is 14.8 Å². The summed E-state index contributed by atoms with van der Waals surface area (Å²) in [5, 5.41) is 19.6. The third-order valence-corrected chi connectivity index (χ3v) is 4.08. The maximum absolute atomic E-state index is 11.7. The van der Waals surface area contributed by atoms with Gasteiger partial charge in [0.05, 0.1) is 12.9 Å². The first-order valence-electron chi connectivity index (χ1n) is 5.60. The number of hydrogen-bond acceptors (Lipinski definition) is 5. The van der Waals surface area contributed by atoms with Gasteiger partial charge in [-0.1, -0.05) is 0 Å². The molecule has 0 bridgehead atoms. The summed E-state index contributed by atoms with van der Waals surface area (Å²) in [4.78, 5) is 23.7. The normalized spacial score (nSPS) is 18.9. The molecule has 2 amide bonds. The zero-order valence-electron chi connectivity index (χ0n) is 10.4. The molecule has 0 aromatic heterocycles. The lowest BCUT2D eigenvalue weighted by molar-refractivity contribution is -0.140. The zero-order chi connectivity index (χ0) is 14.6. The molecule has 1 saturated heterocycles. The number of nitrogens with zero attached hydrogens (tertiary/aromatic N) is 2. The summed E-state index contributed by atoms with van der Waals surface area (Å²) in [5.74, 6) is -1.33. The zero-order valence-corrected chi connectivity index (χ0v) is 11.3. The first-order chi connectivity index (χ1) is 8.75. The number of carbonyl (C=O) groups is 2. The van der Waals surface area contributed by atoms with E-state index in [0.717, 1.165) is 6.26 Å². The number of aliphatic hydroxyl groups is 1. The van der Waals surface area contributed by atoms with Gasteiger partial charge in [-0.05, 0) is 0 Å². The van der Waals surface area contributed by atoms with E-state index in [1.165, 1.54) is 9.21 Å². The van der Waals surface area contributed by atoms with Gasteiger partial charge in [0.15, 0.2) is 6.04 Å². The van der Waals surface area contributed by atoms with Crippen LogP contribution < -0.4 is 5.32 Å². The molecule has 19 heavy (non-hydrogen) atoms. The molecule has 1 fully saturated rings. The van der Waals surface area contributed by atoms with Crippen molar-refractivity contribution in [3.05, 3.63) is 0 Å². The molecule has 0 aromatic rings. The van der Waals surface area contributed by atoms with Crippen LogP contribution in [0.5, 0.6) is 0 Å². The number of hydrogen-bond donors (Lipinski definition) is 3. The lowest BCUT2D eigenvalue weighted by Crippen LogP contribution is -2.56. The van der Waals surface area contributed by atoms with Gasteiger partial charge in [-0.25, -0.2) is 18.0 Å². The molecule has 0 aromatic carbocycles. The maximum atomic E-state index is 11.7. The molecular weight excluding hydrogens is 278 g/mol. The molecule has 1 aliphatic heterocycles. The van der Waals surface area contributed by atoms with Gasteiger partial charge in [0, 0.05) is 26.2 Å². The number of nitrogens with one attached hydrogen (secondary N) is 1. The summed E-state index contributed by atoms with van der Waals surface area (Å²) in [6.07, 6.45) is 1.09. The summed E-state index contributed by atoms with van der Waals surface area (Å²) < 4.78 is 23.8. The molecule has 9 nitrogen and oxygen atoms in total. The second kappa shape index (κ2) is 6.17. The van der Waals surface area contributed by atoms with Gasteiger partial charge in [0.1, 0.15) is 0 Å². The van der Waals surface area contributed by atoms with Crippen molar-refractivity contribution in [1.82, 2.24) is 14.5 Å². The van der Waals surface area contributed by atoms with E-state index in [1.54, 1.807) is 0 Å². The highest BCUT2D eigenvalue weighted by Crippen LogP contribution is 2.06. The van der Waals surface area contributed by atoms with E-state index in [9.17, 15) is 18.0 Å². The maximum Gasteiger partial charge on any atom is 0.328 e. The van der Waals surface area contributed by atoms with E-state index in [0.29, 0.717) is 0 Å². The third-order valence-electron chi connectivity index (χ3n) is 2.77. The predicted octanol–water partition coefficient (Wildman–Crippen LogP) is -2.28. The van der Waals surface area contributed by atoms with E-state index >= 15 is 0 Å². The Kier molecular flexibility index (Phi) is 5.09. The molecule has 1 heterocycles. The monoisotopic (exact) mass is 295 g/mol. The Morgan fingerprint density at radius 3 is 2.16 bits per heavy atom. The molecule has 110 valence electrons. The van der Waals surface area contributed by atoms with Crippen LogP contribution in [-0.4, -0.2) is 84.9 Å². The molecule has 10 heteroatoms. The number of carboxylic acids is 1. The summed E-state index contributed by atoms with van der Waals surface area (Å²) in [7, 11) is -3.28. The number of piperazine rings is 1. The van der Waals surface area contributed by atoms with Gasteiger partial charge in [-0.2, -0.15) is 4.31 Å². The van der Waals surface area contributed by atoms with Gasteiger partial charge in [0.2, 0.25) is 10.0 Å². The number of aliphatic hydroxyl groups excluding tert-OH is 1. The second-order valence-electron chi connectivity index (χ2n) is 4.17. The second-order valence-corrected chi connectivity index (χ2v) is 6.15. The third kappa shape index (κ3) is 4.33. The van der Waals surface area contributed by atoms with Crippen LogP contribution in [0.3, 0.4) is 0 Å². The molecule has 0 unspecified atom stereocenters. The Bertz CT molecular complexity index is 443. The number of carbonyl (C=O) groups excluding carboxylic acids is 1. The Hall–Kier alpha value is -1.39. The van der Waals surface area contributed by atoms with Crippen molar-refractivity contribution < 1.29 is 28.2 Å². The lowest BCUT2D eigenvalue weighted by Gasteiger charge is -2.33. The molecule has 1 rings (SSSR count). The number of rotatable bonds is 4. The molecule has 0 saturated carbocycles. The van der Waals surface area contributed by atoms with Gasteiger partial charge in [0.25, 0.3) is 0 Å². The topological polar surface area (TPSA) is 127 Å². The quantitative estimate of drug-likeness (QED) is 0.536. The smallest absolute Gasteiger partial charge is 0.328 e. The van der Waals surface area contributed by atoms with Crippen LogP contribution in [0.15, 0.2) is 0 Å². The minimum absolute atomic E-state index is 0.170. The molecule has 0 aliphatic carbocycles. The Balaban J connectivity index is 2.51. The van der Waals surface area contributed by atoms with E-state index in [-0.39, 0.29) is 26.2 Å². The minimum atomic E-state index is -3.28. The standard InChI is InChI=1S/C9H17N3O6S/c1-19(17,18)12-4-2-11(3-5-12)9(16)10-7(6-13)8(14)15/h7,13H,2-6H2,1H3,(H,10,16)(H,14,15)/t7-/m0/s1. The first-order valence-corrected chi connectivity index (χ1v) is 7.44. The van der Waals surface area contributed by atoms with Crippen molar-refractivity contribution in [2.24, 2.45) is 0 Å². The number of urea groups is 1. The summed E-state index contributed by atoms with van der Waals surface area (Å²) >= 11 is 0. The van der Waals surface area contributed by atoms with Crippen LogP contribution in [0.25, 0.3) is 0 Å². The SMILES string of the molecule is CS(=O)(=O)N1CCN(C(=O)N[C@@H](CO)C(=O)O)CC1. The molecule has 1 aliphatic rings. The fourth-order valence-electron chi connectivity index (χ4n) is 1.65. The Labute approximate surface area is 110 Å². The number of aliphatic carboxylic acids is 1. The molecule has 3 N–H and O–H groups in total. The van der Waals surface area contributed by atoms with Gasteiger partial charge < -0.3 is 20.4 Å². The van der Waals surface area contributed by atoms with Crippen LogP contribution >= 0.6 is 0 Å². The number of amides is 2. The van der Waals surface area contributed by atoms with Crippen molar-refractivity contribution in [2.75, 3.05) is 39.0 Å². The van der Waals surface area contributed by atoms with Crippen molar-refractivity contribution in [1.29, 1.82) is 0 Å². The Morgan fingerprint density at radius 1 is 1.26 bits per heavy atom. The summed E-state index contributed by atoms with van der Waals surface area (Å²) in [6.45, 7) is -0.00997. The van der Waals surface area contributed by atoms with Crippen LogP contribution in [0.4, 0.5) is 4.79 Å². The molecule has 0 spiro atoms. The van der Waals surface area contributed by atoms with E-state index in [1.807, 2.05) is 0 Å². The molecule has 0 radical (unpaired) electrons. The summed E-state index contributed by atoms with van der Waals surface area (Å²) in [6, 6.07) is -1.99. The highest BCUT2D eigenvalue weighted by molar-refractivity contribution is 7.88. The van der Waals surface area contributed by atoms with Crippen LogP contribution in [0, 0.1) is 0 Å². The number of sulfonamides is 1. The molecule has 1 atom stereocenters. The summed E-state index contributed by atoms with van der Waals surface area (Å²) in [5.41, 5.74) is 0. The molecular formula is C9H17N3O6S. The predicted molar refractivity (Wildman–Crippen MR) is 65.0 cm³/mol. The first kappa shape index (κ1) is 15.7. The van der Waals surface area contributed by atoms with Gasteiger partial charge >= 0.3 is 12.0 Å². The van der Waals surface area contributed by atoms with Crippen molar-refractivity contribution >= 4 is 22.0 Å². The largest absolute Gasteiger partial charge is 0.480 e. The van der Waals surface area contributed by atoms with Crippen LogP contribution in [0.1, 0.15) is 0 Å². The average molecular weight is 295 g/mol. The van der Waals surface area contributed by atoms with Crippen molar-refractivity contribution in [2.45, 2.75) is 6.04 Å². The van der Waals surface area contributed by atoms with E-state index in [2.05, 4.69) is 5.32 Å².